The number of nitrogens with zero attached hydrogens (tertiary/aromatic N) is 2. The maximum absolute atomic E-state index is 13.0. The van der Waals surface area contributed by atoms with Crippen molar-refractivity contribution in [2.45, 2.75) is 30.7 Å². The Morgan fingerprint density at radius 1 is 1.20 bits per heavy atom. The van der Waals surface area contributed by atoms with Gasteiger partial charge < -0.3 is 10.1 Å². The topological polar surface area (TPSA) is 96.0 Å². The van der Waals surface area contributed by atoms with Gasteiger partial charge in [-0.05, 0) is 37.5 Å². The average molecular weight is 367 g/mol. The van der Waals surface area contributed by atoms with Gasteiger partial charge in [-0.2, -0.15) is 4.31 Å². The lowest BCUT2D eigenvalue weighted by Crippen LogP contribution is -2.49. The van der Waals surface area contributed by atoms with Gasteiger partial charge in [0.05, 0.1) is 13.7 Å². The lowest BCUT2D eigenvalue weighted by Gasteiger charge is -2.34. The quantitative estimate of drug-likeness (QED) is 0.791. The molecule has 0 aromatic heterocycles. The van der Waals surface area contributed by atoms with E-state index in [4.69, 9.17) is 4.74 Å². The summed E-state index contributed by atoms with van der Waals surface area (Å²) in [7, 11) is -2.26. The summed E-state index contributed by atoms with van der Waals surface area (Å²) in [4.78, 5) is 24.9. The van der Waals surface area contributed by atoms with Crippen LogP contribution in [0.15, 0.2) is 23.1 Å². The molecule has 0 unspecified atom stereocenters. The third-order valence-electron chi connectivity index (χ3n) is 4.60. The Morgan fingerprint density at radius 2 is 1.88 bits per heavy atom. The zero-order chi connectivity index (χ0) is 18.2. The first-order valence-corrected chi connectivity index (χ1v) is 9.53. The maximum Gasteiger partial charge on any atom is 0.324 e. The van der Waals surface area contributed by atoms with Crippen LogP contribution >= 0.6 is 0 Å². The normalized spacial score (nSPS) is 20.0. The van der Waals surface area contributed by atoms with E-state index in [1.807, 2.05) is 6.92 Å². The van der Waals surface area contributed by atoms with Gasteiger partial charge in [0.2, 0.25) is 15.9 Å². The first kappa shape index (κ1) is 17.7. The Kier molecular flexibility index (Phi) is 4.70. The second-order valence-electron chi connectivity index (χ2n) is 6.21. The summed E-state index contributed by atoms with van der Waals surface area (Å²) in [6, 6.07) is 4.37. The lowest BCUT2D eigenvalue weighted by atomic mass is 10.1. The molecule has 1 aromatic carbocycles. The number of aryl methyl sites for hydroxylation is 1. The molecule has 3 rings (SSSR count). The minimum absolute atomic E-state index is 0.0117. The molecule has 2 aliphatic rings. The zero-order valence-corrected chi connectivity index (χ0v) is 15.0. The highest BCUT2D eigenvalue weighted by Gasteiger charge is 2.39. The van der Waals surface area contributed by atoms with Gasteiger partial charge in [0, 0.05) is 19.1 Å². The van der Waals surface area contributed by atoms with E-state index < -0.39 is 16.1 Å². The van der Waals surface area contributed by atoms with Gasteiger partial charge in [0.25, 0.3) is 0 Å². The molecule has 8 nitrogen and oxygen atoms in total. The van der Waals surface area contributed by atoms with E-state index in [2.05, 4.69) is 5.32 Å². The van der Waals surface area contributed by atoms with Crippen LogP contribution in [0, 0.1) is 6.92 Å². The van der Waals surface area contributed by atoms with Crippen molar-refractivity contribution >= 4 is 22.0 Å². The van der Waals surface area contributed by atoms with Crippen molar-refractivity contribution in [3.05, 3.63) is 23.8 Å². The van der Waals surface area contributed by atoms with Crippen molar-refractivity contribution in [3.8, 4) is 5.75 Å². The van der Waals surface area contributed by atoms with Crippen LogP contribution in [-0.2, 0) is 14.8 Å². The Balaban J connectivity index is 1.77. The van der Waals surface area contributed by atoms with E-state index in [1.165, 1.54) is 16.3 Å². The van der Waals surface area contributed by atoms with Gasteiger partial charge in [-0.15, -0.1) is 0 Å². The van der Waals surface area contributed by atoms with Gasteiger partial charge in [-0.25, -0.2) is 13.2 Å². The van der Waals surface area contributed by atoms with Crippen LogP contribution in [0.5, 0.6) is 5.75 Å². The molecule has 136 valence electrons. The largest absolute Gasteiger partial charge is 0.495 e. The number of sulfonamides is 1. The van der Waals surface area contributed by atoms with Crippen molar-refractivity contribution in [1.29, 1.82) is 0 Å². The maximum atomic E-state index is 13.0. The van der Waals surface area contributed by atoms with Crippen molar-refractivity contribution in [2.24, 2.45) is 0 Å². The third kappa shape index (κ3) is 3.21. The number of methoxy groups -OCH3 is 1. The van der Waals surface area contributed by atoms with Crippen LogP contribution in [-0.4, -0.2) is 62.3 Å². The number of amides is 3. The van der Waals surface area contributed by atoms with E-state index >= 15 is 0 Å². The standard InChI is InChI=1S/C16H21N3O5S/c1-11-3-4-13(24-2)14(9-11)25(22,23)18-7-5-12(6-8-18)19-15(20)10-17-16(19)21/h3-4,9,12H,5-8,10H2,1-2H3,(H,17,21). The second-order valence-corrected chi connectivity index (χ2v) is 8.12. The lowest BCUT2D eigenvalue weighted by molar-refractivity contribution is -0.127. The van der Waals surface area contributed by atoms with E-state index in [9.17, 15) is 18.0 Å². The van der Waals surface area contributed by atoms with Crippen molar-refractivity contribution in [3.63, 3.8) is 0 Å². The van der Waals surface area contributed by atoms with Crippen molar-refractivity contribution in [2.75, 3.05) is 26.7 Å². The van der Waals surface area contributed by atoms with Crippen LogP contribution in [0.25, 0.3) is 0 Å². The Morgan fingerprint density at radius 3 is 2.44 bits per heavy atom. The number of hydrogen-bond donors (Lipinski definition) is 1. The van der Waals surface area contributed by atoms with Crippen LogP contribution in [0.2, 0.25) is 0 Å². The van der Waals surface area contributed by atoms with E-state index in [1.54, 1.807) is 18.2 Å². The molecule has 2 heterocycles. The molecular weight excluding hydrogens is 346 g/mol. The molecule has 0 spiro atoms. The predicted molar refractivity (Wildman–Crippen MR) is 89.8 cm³/mol. The summed E-state index contributed by atoms with van der Waals surface area (Å²) in [5.74, 6) is 0.0495. The molecule has 3 amide bonds. The molecule has 2 aliphatic heterocycles. The number of ether oxygens (including phenoxy) is 1. The molecule has 0 radical (unpaired) electrons. The number of hydrogen-bond acceptors (Lipinski definition) is 5. The molecule has 9 heteroatoms. The summed E-state index contributed by atoms with van der Waals surface area (Å²) < 4.78 is 32.5. The van der Waals surface area contributed by atoms with Crippen molar-refractivity contribution < 1.29 is 22.7 Å². The van der Waals surface area contributed by atoms with Gasteiger partial charge in [0.15, 0.2) is 0 Å². The summed E-state index contributed by atoms with van der Waals surface area (Å²) in [5, 5.41) is 2.49. The first-order valence-electron chi connectivity index (χ1n) is 8.09. The molecule has 1 aromatic rings. The fourth-order valence-electron chi connectivity index (χ4n) is 3.27. The number of benzene rings is 1. The Hall–Kier alpha value is -2.13. The van der Waals surface area contributed by atoms with Crippen LogP contribution in [0.4, 0.5) is 4.79 Å². The zero-order valence-electron chi connectivity index (χ0n) is 14.2. The summed E-state index contributed by atoms with van der Waals surface area (Å²) >= 11 is 0. The Bertz CT molecular complexity index is 784. The van der Waals surface area contributed by atoms with Crippen LogP contribution in [0.1, 0.15) is 18.4 Å². The molecular formula is C16H21N3O5S. The fraction of sp³-hybridized carbons (Fsp3) is 0.500. The molecule has 2 fully saturated rings. The van der Waals surface area contributed by atoms with Gasteiger partial charge >= 0.3 is 6.03 Å². The number of carbonyl (C=O) groups excluding carboxylic acids is 2. The van der Waals surface area contributed by atoms with Crippen LogP contribution in [0.3, 0.4) is 0 Å². The second kappa shape index (κ2) is 6.64. The monoisotopic (exact) mass is 367 g/mol. The summed E-state index contributed by atoms with van der Waals surface area (Å²) in [6.07, 6.45) is 0.846. The highest BCUT2D eigenvalue weighted by molar-refractivity contribution is 7.89. The average Bonchev–Trinajstić information content (AvgIpc) is 2.93. The van der Waals surface area contributed by atoms with E-state index in [0.717, 1.165) is 5.56 Å². The number of piperidine rings is 1. The van der Waals surface area contributed by atoms with Crippen molar-refractivity contribution in [1.82, 2.24) is 14.5 Å². The van der Waals surface area contributed by atoms with Gasteiger partial charge in [-0.3, -0.25) is 9.69 Å². The molecule has 2 saturated heterocycles. The predicted octanol–water partition coefficient (Wildman–Crippen LogP) is 0.709. The number of urea groups is 1. The molecule has 0 bridgehead atoms. The first-order chi connectivity index (χ1) is 11.8. The Labute approximate surface area is 146 Å². The minimum atomic E-state index is -3.70. The van der Waals surface area contributed by atoms with E-state index in [-0.39, 0.29) is 36.5 Å². The summed E-state index contributed by atoms with van der Waals surface area (Å²) in [5.41, 5.74) is 0.827. The van der Waals surface area contributed by atoms with Gasteiger partial charge in [0.1, 0.15) is 10.6 Å². The fourth-order valence-corrected chi connectivity index (χ4v) is 4.98. The molecule has 1 N–H and O–H groups in total. The number of rotatable bonds is 4. The van der Waals surface area contributed by atoms with E-state index in [0.29, 0.717) is 18.6 Å². The molecule has 0 aliphatic carbocycles. The third-order valence-corrected chi connectivity index (χ3v) is 6.52. The highest BCUT2D eigenvalue weighted by Crippen LogP contribution is 2.30. The molecule has 0 saturated carbocycles. The highest BCUT2D eigenvalue weighted by atomic mass is 32.2. The summed E-state index contributed by atoms with van der Waals surface area (Å²) in [6.45, 7) is 2.34. The number of imide groups is 1. The van der Waals surface area contributed by atoms with Crippen LogP contribution < -0.4 is 10.1 Å². The number of carbonyl (C=O) groups is 2. The smallest absolute Gasteiger partial charge is 0.324 e. The SMILES string of the molecule is COc1ccc(C)cc1S(=O)(=O)N1CCC(N2C(=O)CNC2=O)CC1. The molecule has 25 heavy (non-hydrogen) atoms. The molecule has 0 atom stereocenters. The minimum Gasteiger partial charge on any atom is -0.495 e. The number of nitrogens with one attached hydrogen (secondary N) is 1. The van der Waals surface area contributed by atoms with Gasteiger partial charge in [-0.1, -0.05) is 6.07 Å².